The Morgan fingerprint density at radius 3 is 2.65 bits per heavy atom. The molecule has 0 aromatic heterocycles. The first-order chi connectivity index (χ1) is 9.67. The van der Waals surface area contributed by atoms with Crippen LogP contribution in [0.4, 0.5) is 5.69 Å². The maximum Gasteiger partial charge on any atom is 0.220 e. The van der Waals surface area contributed by atoms with Crippen molar-refractivity contribution in [3.63, 3.8) is 0 Å². The molecule has 0 spiro atoms. The maximum atomic E-state index is 11.6. The molecular formula is C15H21ClN2O2. The van der Waals surface area contributed by atoms with Gasteiger partial charge in [-0.05, 0) is 37.0 Å². The number of aryl methyl sites for hydroxylation is 1. The Bertz CT molecular complexity index is 432. The molecule has 0 bridgehead atoms. The highest BCUT2D eigenvalue weighted by Gasteiger charge is 2.22. The third-order valence-electron chi connectivity index (χ3n) is 3.26. The van der Waals surface area contributed by atoms with Crippen molar-refractivity contribution in [3.05, 3.63) is 29.8 Å². The Morgan fingerprint density at radius 1 is 1.35 bits per heavy atom. The third kappa shape index (κ3) is 5.39. The van der Waals surface area contributed by atoms with Crippen molar-refractivity contribution in [2.75, 3.05) is 17.7 Å². The average molecular weight is 297 g/mol. The fourth-order valence-electron chi connectivity index (χ4n) is 1.86. The molecule has 1 aliphatic carbocycles. The van der Waals surface area contributed by atoms with Gasteiger partial charge in [-0.2, -0.15) is 0 Å². The molecule has 0 radical (unpaired) electrons. The summed E-state index contributed by atoms with van der Waals surface area (Å²) in [4.78, 5) is 11.6. The van der Waals surface area contributed by atoms with E-state index in [0.717, 1.165) is 30.5 Å². The first kappa shape index (κ1) is 15.1. The second-order valence-electron chi connectivity index (χ2n) is 5.23. The van der Waals surface area contributed by atoms with E-state index in [2.05, 4.69) is 10.6 Å². The summed E-state index contributed by atoms with van der Waals surface area (Å²) in [6, 6.07) is 8.34. The monoisotopic (exact) mass is 296 g/mol. The van der Waals surface area contributed by atoms with Gasteiger partial charge in [0.1, 0.15) is 0 Å². The summed E-state index contributed by atoms with van der Waals surface area (Å²) in [5, 5.41) is 15.4. The van der Waals surface area contributed by atoms with Gasteiger partial charge in [0.15, 0.2) is 0 Å². The summed E-state index contributed by atoms with van der Waals surface area (Å²) < 4.78 is 0. The van der Waals surface area contributed by atoms with Crippen LogP contribution in [0.3, 0.4) is 0 Å². The molecule has 0 saturated heterocycles. The number of halogens is 1. The summed E-state index contributed by atoms with van der Waals surface area (Å²) in [6.45, 7) is 0.437. The summed E-state index contributed by atoms with van der Waals surface area (Å²) in [7, 11) is 0. The van der Waals surface area contributed by atoms with Gasteiger partial charge in [0.2, 0.25) is 5.91 Å². The summed E-state index contributed by atoms with van der Waals surface area (Å²) >= 11 is 5.53. The van der Waals surface area contributed by atoms with Crippen LogP contribution in [0.5, 0.6) is 0 Å². The predicted octanol–water partition coefficient (Wildman–Crippen LogP) is 1.91. The average Bonchev–Trinajstić information content (AvgIpc) is 3.27. The van der Waals surface area contributed by atoms with Gasteiger partial charge in [-0.15, -0.1) is 11.6 Å². The molecule has 20 heavy (non-hydrogen) atoms. The number of rotatable bonds is 8. The molecule has 0 heterocycles. The number of benzene rings is 1. The molecule has 1 fully saturated rings. The van der Waals surface area contributed by atoms with Crippen LogP contribution in [0.2, 0.25) is 0 Å². The van der Waals surface area contributed by atoms with E-state index in [9.17, 15) is 9.90 Å². The van der Waals surface area contributed by atoms with Crippen molar-refractivity contribution < 1.29 is 9.90 Å². The van der Waals surface area contributed by atoms with E-state index in [0.29, 0.717) is 19.0 Å². The first-order valence-corrected chi connectivity index (χ1v) is 7.57. The van der Waals surface area contributed by atoms with Crippen LogP contribution in [-0.2, 0) is 11.2 Å². The number of hydrogen-bond acceptors (Lipinski definition) is 3. The number of anilines is 1. The Balaban J connectivity index is 1.71. The van der Waals surface area contributed by atoms with Crippen molar-refractivity contribution in [3.8, 4) is 0 Å². The number of hydrogen-bond donors (Lipinski definition) is 3. The zero-order valence-electron chi connectivity index (χ0n) is 11.4. The second kappa shape index (κ2) is 7.50. The zero-order chi connectivity index (χ0) is 14.4. The molecule has 110 valence electrons. The number of carbonyl (C=O) groups excluding carboxylic acids is 1. The fourth-order valence-corrected chi connectivity index (χ4v) is 1.97. The quantitative estimate of drug-likeness (QED) is 0.642. The van der Waals surface area contributed by atoms with E-state index >= 15 is 0 Å². The van der Waals surface area contributed by atoms with Crippen LogP contribution in [0.15, 0.2) is 24.3 Å². The Labute approximate surface area is 124 Å². The molecule has 1 atom stereocenters. The largest absolute Gasteiger partial charge is 0.390 e. The Morgan fingerprint density at radius 2 is 2.05 bits per heavy atom. The smallest absolute Gasteiger partial charge is 0.220 e. The normalized spacial score (nSPS) is 15.7. The summed E-state index contributed by atoms with van der Waals surface area (Å²) in [5.74, 6) is 0.362. The molecule has 1 aromatic carbocycles. The number of aliphatic hydroxyl groups excluding tert-OH is 1. The minimum atomic E-state index is -0.539. The van der Waals surface area contributed by atoms with Crippen molar-refractivity contribution in [2.24, 2.45) is 0 Å². The molecule has 3 N–H and O–H groups in total. The lowest BCUT2D eigenvalue weighted by Crippen LogP contribution is -2.25. The Hall–Kier alpha value is -1.26. The maximum absolute atomic E-state index is 11.6. The van der Waals surface area contributed by atoms with E-state index in [1.165, 1.54) is 0 Å². The Kier molecular flexibility index (Phi) is 5.68. The third-order valence-corrected chi connectivity index (χ3v) is 3.61. The lowest BCUT2D eigenvalue weighted by molar-refractivity contribution is -0.121. The number of alkyl halides is 1. The van der Waals surface area contributed by atoms with Gasteiger partial charge >= 0.3 is 0 Å². The van der Waals surface area contributed by atoms with Gasteiger partial charge < -0.3 is 15.7 Å². The molecule has 1 saturated carbocycles. The van der Waals surface area contributed by atoms with Gasteiger partial charge in [0.05, 0.1) is 12.0 Å². The number of amides is 1. The topological polar surface area (TPSA) is 61.4 Å². The molecular weight excluding hydrogens is 276 g/mol. The van der Waals surface area contributed by atoms with Crippen LogP contribution >= 0.6 is 11.6 Å². The molecule has 4 nitrogen and oxygen atoms in total. The predicted molar refractivity (Wildman–Crippen MR) is 81.1 cm³/mol. The van der Waals surface area contributed by atoms with Crippen LogP contribution in [0, 0.1) is 0 Å². The fraction of sp³-hybridized carbons (Fsp3) is 0.533. The van der Waals surface area contributed by atoms with Crippen molar-refractivity contribution in [1.29, 1.82) is 0 Å². The van der Waals surface area contributed by atoms with Crippen molar-refractivity contribution >= 4 is 23.2 Å². The lowest BCUT2D eigenvalue weighted by atomic mass is 10.1. The molecule has 5 heteroatoms. The highest BCUT2D eigenvalue weighted by molar-refractivity contribution is 6.18. The SMILES string of the molecule is O=C(CCc1ccc(NCC(O)CCl)cc1)NC1CC1. The summed E-state index contributed by atoms with van der Waals surface area (Å²) in [5.41, 5.74) is 2.08. The molecule has 2 rings (SSSR count). The van der Waals surface area contributed by atoms with E-state index in [1.807, 2.05) is 24.3 Å². The van der Waals surface area contributed by atoms with Gasteiger partial charge in [0, 0.05) is 24.7 Å². The van der Waals surface area contributed by atoms with Gasteiger partial charge in [-0.25, -0.2) is 0 Å². The minimum Gasteiger partial charge on any atom is -0.390 e. The van der Waals surface area contributed by atoms with Crippen LogP contribution in [0.25, 0.3) is 0 Å². The van der Waals surface area contributed by atoms with E-state index in [1.54, 1.807) is 0 Å². The summed E-state index contributed by atoms with van der Waals surface area (Å²) in [6.07, 6.45) is 3.00. The van der Waals surface area contributed by atoms with Gasteiger partial charge in [0.25, 0.3) is 0 Å². The molecule has 1 aliphatic rings. The molecule has 0 aliphatic heterocycles. The van der Waals surface area contributed by atoms with E-state index in [-0.39, 0.29) is 11.8 Å². The van der Waals surface area contributed by atoms with Crippen molar-refractivity contribution in [2.45, 2.75) is 37.8 Å². The second-order valence-corrected chi connectivity index (χ2v) is 5.54. The van der Waals surface area contributed by atoms with E-state index in [4.69, 9.17) is 11.6 Å². The first-order valence-electron chi connectivity index (χ1n) is 7.03. The van der Waals surface area contributed by atoms with Crippen LogP contribution in [-0.4, -0.2) is 35.6 Å². The molecule has 1 amide bonds. The number of aliphatic hydroxyl groups is 1. The standard InChI is InChI=1S/C15H21ClN2O2/c16-9-14(19)10-17-12-4-1-11(2-5-12)3-8-15(20)18-13-6-7-13/h1-2,4-5,13-14,17,19H,3,6-10H2,(H,18,20). The van der Waals surface area contributed by atoms with Gasteiger partial charge in [-0.3, -0.25) is 4.79 Å². The molecule has 1 unspecified atom stereocenters. The lowest BCUT2D eigenvalue weighted by Gasteiger charge is -2.10. The van der Waals surface area contributed by atoms with Crippen molar-refractivity contribution in [1.82, 2.24) is 5.32 Å². The van der Waals surface area contributed by atoms with Crippen LogP contribution in [0.1, 0.15) is 24.8 Å². The molecule has 1 aromatic rings. The van der Waals surface area contributed by atoms with Crippen LogP contribution < -0.4 is 10.6 Å². The zero-order valence-corrected chi connectivity index (χ0v) is 12.2. The van der Waals surface area contributed by atoms with E-state index < -0.39 is 6.10 Å². The highest BCUT2D eigenvalue weighted by Crippen LogP contribution is 2.19. The number of carbonyl (C=O) groups is 1. The highest BCUT2D eigenvalue weighted by atomic mass is 35.5. The number of nitrogens with one attached hydrogen (secondary N) is 2. The minimum absolute atomic E-state index is 0.139. The van der Waals surface area contributed by atoms with Gasteiger partial charge in [-0.1, -0.05) is 12.1 Å².